The van der Waals surface area contributed by atoms with Crippen LogP contribution >= 0.6 is 11.3 Å². The van der Waals surface area contributed by atoms with Crippen molar-refractivity contribution in [3.63, 3.8) is 0 Å². The number of nitrogen functional groups attached to an aromatic ring is 1. The van der Waals surface area contributed by atoms with Crippen LogP contribution in [0.2, 0.25) is 0 Å². The molecule has 3 aromatic rings. The van der Waals surface area contributed by atoms with E-state index in [2.05, 4.69) is 5.32 Å². The molecular weight excluding hydrogens is 256 g/mol. The molecule has 0 aliphatic heterocycles. The topological polar surface area (TPSA) is 55.1 Å². The van der Waals surface area contributed by atoms with Crippen LogP contribution in [0.1, 0.15) is 9.67 Å². The fourth-order valence-electron chi connectivity index (χ4n) is 1.89. The van der Waals surface area contributed by atoms with Crippen molar-refractivity contribution in [3.05, 3.63) is 59.5 Å². The van der Waals surface area contributed by atoms with Gasteiger partial charge in [0.05, 0.1) is 4.88 Å². The first kappa shape index (κ1) is 11.7. The van der Waals surface area contributed by atoms with Crippen LogP contribution in [0.3, 0.4) is 0 Å². The summed E-state index contributed by atoms with van der Waals surface area (Å²) in [7, 11) is 0. The fraction of sp³-hybridized carbons (Fsp3) is 0. The molecule has 1 amide bonds. The molecule has 3 N–H and O–H groups in total. The van der Waals surface area contributed by atoms with Crippen molar-refractivity contribution in [1.82, 2.24) is 0 Å². The summed E-state index contributed by atoms with van der Waals surface area (Å²) in [5, 5.41) is 3.88. The summed E-state index contributed by atoms with van der Waals surface area (Å²) >= 11 is 1.47. The third-order valence-corrected chi connectivity index (χ3v) is 3.91. The summed E-state index contributed by atoms with van der Waals surface area (Å²) in [5.41, 5.74) is 7.24. The van der Waals surface area contributed by atoms with Gasteiger partial charge >= 0.3 is 0 Å². The maximum Gasteiger partial charge on any atom is 0.265 e. The molecule has 1 heterocycles. The molecule has 0 spiro atoms. The van der Waals surface area contributed by atoms with Gasteiger partial charge in [-0.3, -0.25) is 4.79 Å². The number of anilines is 2. The zero-order valence-corrected chi connectivity index (χ0v) is 10.9. The second-order valence-electron chi connectivity index (χ2n) is 4.23. The quantitative estimate of drug-likeness (QED) is 0.696. The van der Waals surface area contributed by atoms with Crippen LogP contribution < -0.4 is 11.1 Å². The van der Waals surface area contributed by atoms with Gasteiger partial charge in [0.15, 0.2) is 0 Å². The lowest BCUT2D eigenvalue weighted by atomic mass is 10.2. The number of benzene rings is 2. The van der Waals surface area contributed by atoms with Crippen molar-refractivity contribution in [2.75, 3.05) is 11.1 Å². The van der Waals surface area contributed by atoms with E-state index in [0.717, 1.165) is 15.8 Å². The zero-order chi connectivity index (χ0) is 13.2. The number of rotatable bonds is 2. The van der Waals surface area contributed by atoms with Crippen LogP contribution in [-0.2, 0) is 0 Å². The molecule has 2 aromatic carbocycles. The van der Waals surface area contributed by atoms with Crippen molar-refractivity contribution in [3.8, 4) is 0 Å². The molecule has 0 aliphatic rings. The number of carbonyl (C=O) groups is 1. The van der Waals surface area contributed by atoms with Gasteiger partial charge in [-0.05, 0) is 41.8 Å². The Labute approximate surface area is 114 Å². The molecule has 4 heteroatoms. The van der Waals surface area contributed by atoms with Gasteiger partial charge in [-0.2, -0.15) is 0 Å². The van der Waals surface area contributed by atoms with Crippen LogP contribution in [0.5, 0.6) is 0 Å². The van der Waals surface area contributed by atoms with Crippen molar-refractivity contribution in [2.45, 2.75) is 0 Å². The van der Waals surface area contributed by atoms with Crippen LogP contribution in [0.25, 0.3) is 10.1 Å². The molecule has 0 fully saturated rings. The van der Waals surface area contributed by atoms with E-state index in [9.17, 15) is 4.79 Å². The van der Waals surface area contributed by atoms with Gasteiger partial charge in [-0.1, -0.05) is 18.2 Å². The van der Waals surface area contributed by atoms with Crippen LogP contribution in [0.4, 0.5) is 11.4 Å². The van der Waals surface area contributed by atoms with Gasteiger partial charge in [0.25, 0.3) is 5.91 Å². The predicted molar refractivity (Wildman–Crippen MR) is 80.6 cm³/mol. The lowest BCUT2D eigenvalue weighted by molar-refractivity contribution is 0.103. The fourth-order valence-corrected chi connectivity index (χ4v) is 2.83. The Balaban J connectivity index is 1.89. The highest BCUT2D eigenvalue weighted by Crippen LogP contribution is 2.27. The van der Waals surface area contributed by atoms with E-state index in [1.165, 1.54) is 11.3 Å². The number of para-hydroxylation sites is 1. The van der Waals surface area contributed by atoms with Gasteiger partial charge < -0.3 is 11.1 Å². The Morgan fingerprint density at radius 1 is 1.05 bits per heavy atom. The summed E-state index contributed by atoms with van der Waals surface area (Å²) in [6, 6.07) is 17.0. The van der Waals surface area contributed by atoms with E-state index in [4.69, 9.17) is 5.73 Å². The van der Waals surface area contributed by atoms with Gasteiger partial charge in [-0.15, -0.1) is 11.3 Å². The summed E-state index contributed by atoms with van der Waals surface area (Å²) in [5.74, 6) is -0.0917. The highest BCUT2D eigenvalue weighted by Gasteiger charge is 2.10. The molecule has 1 aromatic heterocycles. The number of hydrogen-bond acceptors (Lipinski definition) is 3. The summed E-state index contributed by atoms with van der Waals surface area (Å²) in [6.07, 6.45) is 0. The lowest BCUT2D eigenvalue weighted by Gasteiger charge is -2.01. The smallest absolute Gasteiger partial charge is 0.265 e. The predicted octanol–water partition coefficient (Wildman–Crippen LogP) is 3.74. The molecule has 3 nitrogen and oxygen atoms in total. The molecule has 19 heavy (non-hydrogen) atoms. The second-order valence-corrected chi connectivity index (χ2v) is 5.31. The van der Waals surface area contributed by atoms with Crippen molar-refractivity contribution in [1.29, 1.82) is 0 Å². The van der Waals surface area contributed by atoms with E-state index >= 15 is 0 Å². The average molecular weight is 268 g/mol. The number of nitrogens with two attached hydrogens (primary N) is 1. The van der Waals surface area contributed by atoms with Crippen LogP contribution in [0.15, 0.2) is 54.6 Å². The van der Waals surface area contributed by atoms with E-state index in [1.54, 1.807) is 0 Å². The first-order valence-corrected chi connectivity index (χ1v) is 6.69. The number of amides is 1. The summed E-state index contributed by atoms with van der Waals surface area (Å²) in [6.45, 7) is 0. The highest BCUT2D eigenvalue weighted by molar-refractivity contribution is 7.20. The molecule has 0 radical (unpaired) electrons. The third-order valence-electron chi connectivity index (χ3n) is 2.80. The van der Waals surface area contributed by atoms with E-state index in [1.807, 2.05) is 54.6 Å². The number of hydrogen-bond donors (Lipinski definition) is 2. The molecular formula is C15H12N2OS. The Kier molecular flexibility index (Phi) is 2.93. The van der Waals surface area contributed by atoms with E-state index < -0.39 is 0 Å². The molecule has 0 bridgehead atoms. The maximum atomic E-state index is 12.1. The van der Waals surface area contributed by atoms with Gasteiger partial charge in [0, 0.05) is 16.1 Å². The first-order valence-electron chi connectivity index (χ1n) is 5.88. The average Bonchev–Trinajstić information content (AvgIpc) is 2.83. The Bertz CT molecular complexity index is 734. The minimum absolute atomic E-state index is 0.0917. The molecule has 94 valence electrons. The zero-order valence-electron chi connectivity index (χ0n) is 10.1. The van der Waals surface area contributed by atoms with Crippen molar-refractivity contribution in [2.24, 2.45) is 0 Å². The minimum atomic E-state index is -0.0917. The number of thiophene rings is 1. The monoisotopic (exact) mass is 268 g/mol. The van der Waals surface area contributed by atoms with Gasteiger partial charge in [0.1, 0.15) is 0 Å². The number of carbonyl (C=O) groups excluding carboxylic acids is 1. The largest absolute Gasteiger partial charge is 0.399 e. The highest BCUT2D eigenvalue weighted by atomic mass is 32.1. The Hall–Kier alpha value is -2.33. The molecule has 0 saturated heterocycles. The van der Waals surface area contributed by atoms with Crippen LogP contribution in [-0.4, -0.2) is 5.91 Å². The van der Waals surface area contributed by atoms with Gasteiger partial charge in [-0.25, -0.2) is 0 Å². The maximum absolute atomic E-state index is 12.1. The minimum Gasteiger partial charge on any atom is -0.399 e. The number of nitrogens with one attached hydrogen (secondary N) is 1. The molecule has 0 saturated carbocycles. The lowest BCUT2D eigenvalue weighted by Crippen LogP contribution is -2.09. The Morgan fingerprint density at radius 2 is 1.84 bits per heavy atom. The third kappa shape index (κ3) is 2.44. The molecule has 0 atom stereocenters. The summed E-state index contributed by atoms with van der Waals surface area (Å²) < 4.78 is 1.06. The van der Waals surface area contributed by atoms with Crippen molar-refractivity contribution >= 4 is 38.7 Å². The van der Waals surface area contributed by atoms with E-state index in [0.29, 0.717) is 10.6 Å². The molecule has 3 rings (SSSR count). The van der Waals surface area contributed by atoms with Gasteiger partial charge in [0.2, 0.25) is 0 Å². The van der Waals surface area contributed by atoms with Crippen molar-refractivity contribution < 1.29 is 4.79 Å². The standard InChI is InChI=1S/C15H12N2OS/c16-11-6-7-13-10(8-11)9-14(19-13)15(18)17-12-4-2-1-3-5-12/h1-9H,16H2,(H,17,18). The first-order chi connectivity index (χ1) is 9.22. The SMILES string of the molecule is Nc1ccc2sc(C(=O)Nc3ccccc3)cc2c1. The van der Waals surface area contributed by atoms with E-state index in [-0.39, 0.29) is 5.91 Å². The normalized spacial score (nSPS) is 10.5. The molecule has 0 aliphatic carbocycles. The second kappa shape index (κ2) is 4.74. The van der Waals surface area contributed by atoms with Crippen LogP contribution in [0, 0.1) is 0 Å². The summed E-state index contributed by atoms with van der Waals surface area (Å²) in [4.78, 5) is 12.8. The molecule has 0 unspecified atom stereocenters. The Morgan fingerprint density at radius 3 is 2.63 bits per heavy atom. The number of fused-ring (bicyclic) bond motifs is 1.